The number of sulfonamides is 1. The van der Waals surface area contributed by atoms with E-state index in [1.807, 2.05) is 6.07 Å². The Morgan fingerprint density at radius 2 is 2.00 bits per heavy atom. The summed E-state index contributed by atoms with van der Waals surface area (Å²) in [4.78, 5) is 24.8. The van der Waals surface area contributed by atoms with Crippen LogP contribution in [-0.2, 0) is 14.8 Å². The second kappa shape index (κ2) is 7.02. The van der Waals surface area contributed by atoms with E-state index >= 15 is 0 Å². The van der Waals surface area contributed by atoms with Crippen molar-refractivity contribution >= 4 is 60.7 Å². The van der Waals surface area contributed by atoms with Gasteiger partial charge in [0.15, 0.2) is 0 Å². The van der Waals surface area contributed by atoms with E-state index < -0.39 is 27.8 Å². The quantitative estimate of drug-likeness (QED) is 0.762. The Hall–Kier alpha value is -1.90. The van der Waals surface area contributed by atoms with Gasteiger partial charge in [-0.1, -0.05) is 40.5 Å². The molecule has 26 heavy (non-hydrogen) atoms. The predicted molar refractivity (Wildman–Crippen MR) is 104 cm³/mol. The highest BCUT2D eigenvalue weighted by Crippen LogP contribution is 2.34. The van der Waals surface area contributed by atoms with Crippen molar-refractivity contribution in [1.82, 2.24) is 0 Å². The lowest BCUT2D eigenvalue weighted by Crippen LogP contribution is -2.30. The van der Waals surface area contributed by atoms with Crippen LogP contribution in [0.3, 0.4) is 0 Å². The van der Waals surface area contributed by atoms with Crippen LogP contribution in [0.5, 0.6) is 0 Å². The molecule has 6 nitrogen and oxygen atoms in total. The molecule has 1 saturated heterocycles. The molecule has 0 saturated carbocycles. The van der Waals surface area contributed by atoms with Crippen LogP contribution in [-0.4, -0.2) is 26.0 Å². The molecular weight excluding hydrogens is 444 g/mol. The Balaban J connectivity index is 1.95. The number of nitrogens with one attached hydrogen (secondary N) is 1. The van der Waals surface area contributed by atoms with Crippen LogP contribution in [0.15, 0.2) is 46.9 Å². The predicted octanol–water partition coefficient (Wildman–Crippen LogP) is 3.67. The standard InChI is InChI=1S/C17H14BrClN2O4S/c1-10-9-26(24,25)21(17(10)23)15-7-11(5-6-14(15)19)16(22)20-13-4-2-3-12(18)8-13/h2-8,10H,9H2,1H3,(H,20,22). The fourth-order valence-corrected chi connectivity index (χ4v) is 5.13. The third-order valence-corrected chi connectivity index (χ3v) is 6.54. The molecule has 0 aliphatic carbocycles. The number of carbonyl (C=O) groups is 2. The highest BCUT2D eigenvalue weighted by Gasteiger charge is 2.43. The zero-order chi connectivity index (χ0) is 19.1. The lowest BCUT2D eigenvalue weighted by atomic mass is 10.1. The SMILES string of the molecule is CC1CS(=O)(=O)N(c2cc(C(=O)Nc3cccc(Br)c3)ccc2Cl)C1=O. The molecule has 1 N–H and O–H groups in total. The summed E-state index contributed by atoms with van der Waals surface area (Å²) in [5, 5.41) is 2.79. The number of rotatable bonds is 3. The van der Waals surface area contributed by atoms with Gasteiger partial charge in [-0.25, -0.2) is 12.7 Å². The normalized spacial score (nSPS) is 18.8. The van der Waals surface area contributed by atoms with E-state index in [0.29, 0.717) is 9.99 Å². The van der Waals surface area contributed by atoms with Gasteiger partial charge in [-0.2, -0.15) is 0 Å². The van der Waals surface area contributed by atoms with Gasteiger partial charge in [0.1, 0.15) is 0 Å². The molecule has 3 rings (SSSR count). The summed E-state index contributed by atoms with van der Waals surface area (Å²) >= 11 is 9.43. The molecule has 1 unspecified atom stereocenters. The van der Waals surface area contributed by atoms with Gasteiger partial charge in [-0.15, -0.1) is 0 Å². The average Bonchev–Trinajstić information content (AvgIpc) is 2.76. The molecule has 0 aromatic heterocycles. The van der Waals surface area contributed by atoms with Crippen molar-refractivity contribution in [2.75, 3.05) is 15.4 Å². The molecule has 0 radical (unpaired) electrons. The third kappa shape index (κ3) is 3.62. The van der Waals surface area contributed by atoms with Crippen LogP contribution < -0.4 is 9.62 Å². The summed E-state index contributed by atoms with van der Waals surface area (Å²) in [5.41, 5.74) is 0.745. The van der Waals surface area contributed by atoms with Crippen molar-refractivity contribution in [3.05, 3.63) is 57.5 Å². The smallest absolute Gasteiger partial charge is 0.255 e. The molecule has 1 fully saturated rings. The van der Waals surface area contributed by atoms with Crippen LogP contribution in [0.1, 0.15) is 17.3 Å². The molecular formula is C17H14BrClN2O4S. The van der Waals surface area contributed by atoms with E-state index in [-0.39, 0.29) is 22.0 Å². The highest BCUT2D eigenvalue weighted by atomic mass is 79.9. The van der Waals surface area contributed by atoms with E-state index in [1.54, 1.807) is 18.2 Å². The number of halogens is 2. The Morgan fingerprint density at radius 3 is 2.62 bits per heavy atom. The molecule has 136 valence electrons. The van der Waals surface area contributed by atoms with Gasteiger partial charge in [-0.05, 0) is 36.4 Å². The number of carbonyl (C=O) groups excluding carboxylic acids is 2. The molecule has 9 heteroatoms. The van der Waals surface area contributed by atoms with Gasteiger partial charge < -0.3 is 5.32 Å². The van der Waals surface area contributed by atoms with Crippen molar-refractivity contribution in [2.45, 2.75) is 6.92 Å². The summed E-state index contributed by atoms with van der Waals surface area (Å²) in [7, 11) is -3.81. The summed E-state index contributed by atoms with van der Waals surface area (Å²) in [6.45, 7) is 1.54. The Labute approximate surface area is 164 Å². The number of hydrogen-bond donors (Lipinski definition) is 1. The zero-order valence-electron chi connectivity index (χ0n) is 13.6. The van der Waals surface area contributed by atoms with Crippen LogP contribution in [0, 0.1) is 5.92 Å². The molecule has 2 aromatic rings. The summed E-state index contributed by atoms with van der Waals surface area (Å²) < 4.78 is 26.1. The fraction of sp³-hybridized carbons (Fsp3) is 0.176. The van der Waals surface area contributed by atoms with Crippen molar-refractivity contribution in [3.63, 3.8) is 0 Å². The lowest BCUT2D eigenvalue weighted by Gasteiger charge is -2.17. The van der Waals surface area contributed by atoms with E-state index in [0.717, 1.165) is 4.47 Å². The minimum Gasteiger partial charge on any atom is -0.322 e. The highest BCUT2D eigenvalue weighted by molar-refractivity contribution is 9.10. The molecule has 0 bridgehead atoms. The van der Waals surface area contributed by atoms with Gasteiger partial charge in [0.05, 0.1) is 22.4 Å². The molecule has 0 spiro atoms. The van der Waals surface area contributed by atoms with Gasteiger partial charge in [-0.3, -0.25) is 9.59 Å². The maximum atomic E-state index is 12.5. The Kier molecular flexibility index (Phi) is 5.09. The van der Waals surface area contributed by atoms with Crippen molar-refractivity contribution in [3.8, 4) is 0 Å². The van der Waals surface area contributed by atoms with Gasteiger partial charge in [0.2, 0.25) is 15.9 Å². The molecule has 1 atom stereocenters. The van der Waals surface area contributed by atoms with Crippen LogP contribution >= 0.6 is 27.5 Å². The van der Waals surface area contributed by atoms with Crippen LogP contribution in [0.25, 0.3) is 0 Å². The molecule has 2 aromatic carbocycles. The summed E-state index contributed by atoms with van der Waals surface area (Å²) in [6.07, 6.45) is 0. The number of amides is 2. The Bertz CT molecular complexity index is 1010. The van der Waals surface area contributed by atoms with Gasteiger partial charge in [0, 0.05) is 15.7 Å². The van der Waals surface area contributed by atoms with E-state index in [4.69, 9.17) is 11.6 Å². The minimum absolute atomic E-state index is 0.0112. The molecule has 1 aliphatic rings. The number of anilines is 2. The summed E-state index contributed by atoms with van der Waals surface area (Å²) in [6, 6.07) is 11.2. The largest absolute Gasteiger partial charge is 0.322 e. The molecule has 2 amide bonds. The Morgan fingerprint density at radius 1 is 1.27 bits per heavy atom. The number of nitrogens with zero attached hydrogens (tertiary/aromatic N) is 1. The second-order valence-corrected chi connectivity index (χ2v) is 9.10. The number of benzene rings is 2. The minimum atomic E-state index is -3.81. The third-order valence-electron chi connectivity index (χ3n) is 3.87. The molecule has 1 aliphatic heterocycles. The average molecular weight is 458 g/mol. The first kappa shape index (κ1) is 18.9. The van der Waals surface area contributed by atoms with Crippen molar-refractivity contribution in [1.29, 1.82) is 0 Å². The first-order valence-corrected chi connectivity index (χ1v) is 10.4. The topological polar surface area (TPSA) is 83.6 Å². The van der Waals surface area contributed by atoms with E-state index in [2.05, 4.69) is 21.2 Å². The van der Waals surface area contributed by atoms with Crippen LogP contribution in [0.2, 0.25) is 5.02 Å². The first-order chi connectivity index (χ1) is 12.2. The van der Waals surface area contributed by atoms with Crippen molar-refractivity contribution in [2.24, 2.45) is 5.92 Å². The monoisotopic (exact) mass is 456 g/mol. The maximum absolute atomic E-state index is 12.5. The van der Waals surface area contributed by atoms with E-state index in [1.165, 1.54) is 25.1 Å². The van der Waals surface area contributed by atoms with Crippen LogP contribution in [0.4, 0.5) is 11.4 Å². The number of hydrogen-bond acceptors (Lipinski definition) is 4. The first-order valence-electron chi connectivity index (χ1n) is 7.62. The van der Waals surface area contributed by atoms with E-state index in [9.17, 15) is 18.0 Å². The lowest BCUT2D eigenvalue weighted by molar-refractivity contribution is -0.119. The second-order valence-electron chi connectivity index (χ2n) is 5.91. The summed E-state index contributed by atoms with van der Waals surface area (Å²) in [5.74, 6) is -1.94. The fourth-order valence-electron chi connectivity index (χ4n) is 2.65. The maximum Gasteiger partial charge on any atom is 0.255 e. The zero-order valence-corrected chi connectivity index (χ0v) is 16.7. The molecule has 1 heterocycles. The van der Waals surface area contributed by atoms with Gasteiger partial charge in [0.25, 0.3) is 5.91 Å². The van der Waals surface area contributed by atoms with Gasteiger partial charge >= 0.3 is 0 Å². The van der Waals surface area contributed by atoms with Crippen molar-refractivity contribution < 1.29 is 18.0 Å².